The van der Waals surface area contributed by atoms with Crippen LogP contribution < -0.4 is 5.09 Å². The van der Waals surface area contributed by atoms with Crippen molar-refractivity contribution >= 4 is 30.7 Å². The zero-order valence-corrected chi connectivity index (χ0v) is 9.42. The first kappa shape index (κ1) is 4.54. The van der Waals surface area contributed by atoms with Gasteiger partial charge in [0.2, 0.25) is 0 Å². The number of rotatable bonds is 5. The molecule has 0 bridgehead atoms. The standard InChI is InChI=1S/C8H16Cl2NO2P/c9-4-2-8(3-5-10)14(12)11-6-1-7-13-14/h8H,1-7H2,(H,11,12)/i2D2,3D2,4D2,5D2,7D2. The van der Waals surface area contributed by atoms with Crippen LogP contribution in [0.4, 0.5) is 0 Å². The summed E-state index contributed by atoms with van der Waals surface area (Å²) in [7, 11) is -4.80. The third-order valence-electron chi connectivity index (χ3n) is 1.48. The lowest BCUT2D eigenvalue weighted by atomic mass is 10.3. The maximum Gasteiger partial charge on any atom is 0.272 e. The summed E-state index contributed by atoms with van der Waals surface area (Å²) in [5, 5.41) is 2.17. The Morgan fingerprint density at radius 2 is 2.21 bits per heavy atom. The van der Waals surface area contributed by atoms with Crippen molar-refractivity contribution < 1.29 is 22.8 Å². The molecule has 6 heteroatoms. The highest BCUT2D eigenvalue weighted by Crippen LogP contribution is 2.52. The maximum absolute atomic E-state index is 13.0. The highest BCUT2D eigenvalue weighted by molar-refractivity contribution is 7.57. The van der Waals surface area contributed by atoms with E-state index in [-0.39, 0.29) is 13.0 Å². The van der Waals surface area contributed by atoms with Crippen LogP contribution in [0, 0.1) is 0 Å². The fourth-order valence-corrected chi connectivity index (χ4v) is 2.79. The molecule has 0 aromatic heterocycles. The minimum Gasteiger partial charge on any atom is -0.317 e. The molecule has 1 saturated heterocycles. The van der Waals surface area contributed by atoms with Crippen LogP contribution in [0.2, 0.25) is 0 Å². The fraction of sp³-hybridized carbons (Fsp3) is 1.00. The van der Waals surface area contributed by atoms with Crippen LogP contribution in [-0.4, -0.2) is 30.4 Å². The normalized spacial score (nSPS) is 46.5. The van der Waals surface area contributed by atoms with E-state index in [1.54, 1.807) is 0 Å². The molecule has 1 heterocycles. The number of alkyl halides is 2. The Morgan fingerprint density at radius 3 is 2.71 bits per heavy atom. The topological polar surface area (TPSA) is 38.3 Å². The average molecular weight is 270 g/mol. The molecule has 1 unspecified atom stereocenters. The van der Waals surface area contributed by atoms with Gasteiger partial charge in [-0.15, -0.1) is 23.2 Å². The van der Waals surface area contributed by atoms with Gasteiger partial charge in [-0.1, -0.05) is 0 Å². The minimum atomic E-state index is -4.80. The molecular formula is C8H16Cl2NO2P. The number of halogens is 2. The Morgan fingerprint density at radius 1 is 1.57 bits per heavy atom. The van der Waals surface area contributed by atoms with Gasteiger partial charge in [0.25, 0.3) is 7.52 Å². The van der Waals surface area contributed by atoms with Gasteiger partial charge in [-0.25, -0.2) is 5.09 Å². The highest BCUT2D eigenvalue weighted by Gasteiger charge is 2.34. The summed E-state index contributed by atoms with van der Waals surface area (Å²) < 4.78 is 93.7. The molecule has 0 amide bonds. The summed E-state index contributed by atoms with van der Waals surface area (Å²) in [5.74, 6) is -6.56. The van der Waals surface area contributed by atoms with Crippen molar-refractivity contribution in [1.82, 2.24) is 5.09 Å². The summed E-state index contributed by atoms with van der Waals surface area (Å²) in [6, 6.07) is 0. The molecule has 84 valence electrons. The number of hydrogen-bond donors (Lipinski definition) is 1. The maximum atomic E-state index is 13.0. The molecule has 1 fully saturated rings. The molecule has 0 saturated carbocycles. The second-order valence-corrected chi connectivity index (χ2v) is 4.96. The Hall–Kier alpha value is 0.730. The smallest absolute Gasteiger partial charge is 0.272 e. The van der Waals surface area contributed by atoms with Crippen molar-refractivity contribution in [1.29, 1.82) is 0 Å². The predicted molar refractivity (Wildman–Crippen MR) is 60.6 cm³/mol. The van der Waals surface area contributed by atoms with Gasteiger partial charge < -0.3 is 4.52 Å². The van der Waals surface area contributed by atoms with Crippen LogP contribution in [0.15, 0.2) is 0 Å². The van der Waals surface area contributed by atoms with Gasteiger partial charge >= 0.3 is 0 Å². The van der Waals surface area contributed by atoms with E-state index in [0.29, 0.717) is 0 Å². The number of nitrogens with one attached hydrogen (secondary N) is 1. The third kappa shape index (κ3) is 3.39. The first-order valence-corrected chi connectivity index (χ1v) is 6.16. The van der Waals surface area contributed by atoms with Crippen molar-refractivity contribution in [2.75, 3.05) is 24.8 Å². The van der Waals surface area contributed by atoms with E-state index in [1.807, 2.05) is 0 Å². The molecule has 0 spiro atoms. The van der Waals surface area contributed by atoms with Crippen molar-refractivity contribution in [2.24, 2.45) is 0 Å². The Labute approximate surface area is 109 Å². The second-order valence-electron chi connectivity index (χ2n) is 2.37. The van der Waals surface area contributed by atoms with Gasteiger partial charge in [-0.05, 0) is 19.2 Å². The highest BCUT2D eigenvalue weighted by atomic mass is 35.5. The van der Waals surface area contributed by atoms with E-state index in [4.69, 9.17) is 41.4 Å². The Balaban J connectivity index is 3.60. The summed E-state index contributed by atoms with van der Waals surface area (Å²) in [6.45, 7) is -2.80. The lowest BCUT2D eigenvalue weighted by Crippen LogP contribution is -2.29. The van der Waals surface area contributed by atoms with Crippen molar-refractivity contribution in [3.05, 3.63) is 0 Å². The van der Waals surface area contributed by atoms with E-state index in [9.17, 15) is 4.57 Å². The van der Waals surface area contributed by atoms with E-state index in [0.717, 1.165) is 0 Å². The lowest BCUT2D eigenvalue weighted by molar-refractivity contribution is 0.269. The molecule has 0 aromatic rings. The van der Waals surface area contributed by atoms with Crippen LogP contribution in [0.1, 0.15) is 32.9 Å². The first-order valence-electron chi connectivity index (χ1n) is 8.71. The van der Waals surface area contributed by atoms with Crippen LogP contribution in [0.25, 0.3) is 0 Å². The fourth-order valence-electron chi connectivity index (χ4n) is 0.890. The minimum absolute atomic E-state index is 0.281. The molecule has 14 heavy (non-hydrogen) atoms. The lowest BCUT2D eigenvalue weighted by Gasteiger charge is -2.30. The van der Waals surface area contributed by atoms with Gasteiger partial charge in [-0.3, -0.25) is 4.57 Å². The number of hydrogen-bond acceptors (Lipinski definition) is 2. The van der Waals surface area contributed by atoms with Crippen LogP contribution in [-0.2, 0) is 9.09 Å². The average Bonchev–Trinajstić information content (AvgIpc) is 2.21. The van der Waals surface area contributed by atoms with Crippen LogP contribution in [0.3, 0.4) is 0 Å². The molecule has 1 atom stereocenters. The predicted octanol–water partition coefficient (Wildman–Crippen LogP) is 2.82. The van der Waals surface area contributed by atoms with E-state index < -0.39 is 44.1 Å². The molecule has 0 aliphatic carbocycles. The van der Waals surface area contributed by atoms with E-state index >= 15 is 0 Å². The molecule has 1 N–H and O–H groups in total. The molecule has 0 radical (unpaired) electrons. The van der Waals surface area contributed by atoms with Gasteiger partial charge in [0.15, 0.2) is 0 Å². The van der Waals surface area contributed by atoms with E-state index in [1.165, 1.54) is 0 Å². The Bertz CT molecular complexity index is 508. The molecule has 1 rings (SSSR count). The first-order chi connectivity index (χ1) is 10.3. The molecule has 1 aliphatic rings. The molecule has 1 aliphatic heterocycles. The summed E-state index contributed by atoms with van der Waals surface area (Å²) in [4.78, 5) is 0. The van der Waals surface area contributed by atoms with Gasteiger partial charge in [0.05, 0.1) is 15.0 Å². The quantitative estimate of drug-likeness (QED) is 0.616. The SMILES string of the molecule is [2H]C1([2H])CCNP(=O)(C(C([2H])([2H])C([2H])([2H])Cl)C([2H])([2H])C([2H])([2H])Cl)O1. The summed E-state index contributed by atoms with van der Waals surface area (Å²) in [5.41, 5.74) is -2.67. The Kier molecular flexibility index (Phi) is 2.06. The van der Waals surface area contributed by atoms with Gasteiger partial charge in [0.1, 0.15) is 0 Å². The van der Waals surface area contributed by atoms with Gasteiger partial charge in [-0.2, -0.15) is 0 Å². The largest absolute Gasteiger partial charge is 0.317 e. The molecule has 3 nitrogen and oxygen atoms in total. The second kappa shape index (κ2) is 6.34. The van der Waals surface area contributed by atoms with Crippen molar-refractivity contribution in [3.8, 4) is 0 Å². The third-order valence-corrected chi connectivity index (χ3v) is 3.70. The molecule has 0 aromatic carbocycles. The zero-order chi connectivity index (χ0) is 19.4. The van der Waals surface area contributed by atoms with Gasteiger partial charge in [0, 0.05) is 29.2 Å². The van der Waals surface area contributed by atoms with Crippen LogP contribution >= 0.6 is 30.7 Å². The van der Waals surface area contributed by atoms with Crippen molar-refractivity contribution in [3.63, 3.8) is 0 Å². The zero-order valence-electron chi connectivity index (χ0n) is 17.0. The summed E-state index contributed by atoms with van der Waals surface area (Å²) >= 11 is 10.7. The van der Waals surface area contributed by atoms with E-state index in [2.05, 4.69) is 5.09 Å². The summed E-state index contributed by atoms with van der Waals surface area (Å²) in [6.07, 6.45) is -7.15. The molecular weight excluding hydrogens is 244 g/mol. The van der Waals surface area contributed by atoms with Crippen LogP contribution in [0.5, 0.6) is 0 Å². The monoisotopic (exact) mass is 269 g/mol. The van der Waals surface area contributed by atoms with Crippen molar-refractivity contribution in [2.45, 2.75) is 24.8 Å².